The van der Waals surface area contributed by atoms with Crippen molar-refractivity contribution < 1.29 is 9.34 Å². The molecule has 4 nitrogen and oxygen atoms in total. The number of para-hydroxylation sites is 1. The molecule has 3 rings (SSSR count). The van der Waals surface area contributed by atoms with E-state index >= 15 is 0 Å². The van der Waals surface area contributed by atoms with Gasteiger partial charge in [0, 0.05) is 16.3 Å². The first-order valence-electron chi connectivity index (χ1n) is 5.79. The molecule has 0 fully saturated rings. The van der Waals surface area contributed by atoms with Gasteiger partial charge in [-0.3, -0.25) is 10.1 Å². The monoisotopic (exact) mass is 241 g/mol. The summed E-state index contributed by atoms with van der Waals surface area (Å²) in [6.07, 6.45) is 0.631. The standard InChI is InChI=1S/C14H11NO3/c1-2-9-7-11-10-5-3-4-6-13(10)18-14(11)8-12(9)15(16)17/h3-8H,2H2,1H3. The van der Waals surface area contributed by atoms with Crippen LogP contribution in [0, 0.1) is 10.1 Å². The molecule has 0 spiro atoms. The molecule has 0 N–H and O–H groups in total. The number of hydrogen-bond acceptors (Lipinski definition) is 3. The number of rotatable bonds is 2. The van der Waals surface area contributed by atoms with Crippen molar-refractivity contribution in [2.24, 2.45) is 0 Å². The zero-order valence-corrected chi connectivity index (χ0v) is 9.84. The lowest BCUT2D eigenvalue weighted by atomic mass is 10.1. The second-order valence-electron chi connectivity index (χ2n) is 4.19. The summed E-state index contributed by atoms with van der Waals surface area (Å²) in [6, 6.07) is 11.0. The molecule has 0 unspecified atom stereocenters. The number of nitro benzene ring substituents is 1. The van der Waals surface area contributed by atoms with Crippen molar-refractivity contribution >= 4 is 27.6 Å². The first kappa shape index (κ1) is 10.8. The Bertz CT molecular complexity index is 758. The van der Waals surface area contributed by atoms with Crippen LogP contribution in [0.5, 0.6) is 0 Å². The highest BCUT2D eigenvalue weighted by Gasteiger charge is 2.17. The number of aryl methyl sites for hydroxylation is 1. The van der Waals surface area contributed by atoms with Gasteiger partial charge in [0.15, 0.2) is 0 Å². The van der Waals surface area contributed by atoms with E-state index in [1.54, 1.807) is 0 Å². The zero-order chi connectivity index (χ0) is 12.7. The largest absolute Gasteiger partial charge is 0.456 e. The number of hydrogen-bond donors (Lipinski definition) is 0. The average Bonchev–Trinajstić information content (AvgIpc) is 2.74. The van der Waals surface area contributed by atoms with Gasteiger partial charge in [-0.05, 0) is 18.6 Å². The Morgan fingerprint density at radius 1 is 1.17 bits per heavy atom. The molecule has 0 aliphatic rings. The average molecular weight is 241 g/mol. The third kappa shape index (κ3) is 1.46. The van der Waals surface area contributed by atoms with Crippen molar-refractivity contribution in [2.75, 3.05) is 0 Å². The zero-order valence-electron chi connectivity index (χ0n) is 9.84. The molecule has 90 valence electrons. The third-order valence-corrected chi connectivity index (χ3v) is 3.16. The summed E-state index contributed by atoms with van der Waals surface area (Å²) in [5.74, 6) is 0. The molecule has 0 saturated heterocycles. The summed E-state index contributed by atoms with van der Waals surface area (Å²) in [5.41, 5.74) is 2.19. The van der Waals surface area contributed by atoms with Crippen LogP contribution >= 0.6 is 0 Å². The molecule has 3 aromatic rings. The molecule has 0 bridgehead atoms. The maximum Gasteiger partial charge on any atom is 0.276 e. The Hall–Kier alpha value is -2.36. The molecule has 18 heavy (non-hydrogen) atoms. The molecule has 1 aromatic heterocycles. The van der Waals surface area contributed by atoms with Gasteiger partial charge in [0.1, 0.15) is 11.2 Å². The highest BCUT2D eigenvalue weighted by atomic mass is 16.6. The summed E-state index contributed by atoms with van der Waals surface area (Å²) in [6.45, 7) is 1.91. The minimum Gasteiger partial charge on any atom is -0.456 e. The topological polar surface area (TPSA) is 56.3 Å². The molecule has 0 saturated carbocycles. The van der Waals surface area contributed by atoms with E-state index in [2.05, 4.69) is 0 Å². The molecule has 4 heteroatoms. The van der Waals surface area contributed by atoms with Crippen molar-refractivity contribution in [2.45, 2.75) is 13.3 Å². The van der Waals surface area contributed by atoms with Crippen LogP contribution < -0.4 is 0 Å². The second-order valence-corrected chi connectivity index (χ2v) is 4.19. The Kier molecular flexibility index (Phi) is 2.30. The van der Waals surface area contributed by atoms with E-state index in [1.165, 1.54) is 6.07 Å². The van der Waals surface area contributed by atoms with E-state index in [1.807, 2.05) is 37.3 Å². The van der Waals surface area contributed by atoms with Crippen LogP contribution in [-0.2, 0) is 6.42 Å². The van der Waals surface area contributed by atoms with Gasteiger partial charge in [-0.2, -0.15) is 0 Å². The first-order valence-corrected chi connectivity index (χ1v) is 5.79. The van der Waals surface area contributed by atoms with Crippen LogP contribution in [0.2, 0.25) is 0 Å². The molecule has 0 amide bonds. The Morgan fingerprint density at radius 2 is 1.94 bits per heavy atom. The minimum absolute atomic E-state index is 0.129. The minimum atomic E-state index is -0.356. The molecule has 0 atom stereocenters. The Labute approximate surface area is 103 Å². The summed E-state index contributed by atoms with van der Waals surface area (Å²) < 4.78 is 5.64. The van der Waals surface area contributed by atoms with Crippen molar-refractivity contribution in [3.8, 4) is 0 Å². The lowest BCUT2D eigenvalue weighted by molar-refractivity contribution is -0.385. The maximum absolute atomic E-state index is 11.0. The van der Waals surface area contributed by atoms with E-state index < -0.39 is 0 Å². The fourth-order valence-electron chi connectivity index (χ4n) is 2.26. The lowest BCUT2D eigenvalue weighted by Crippen LogP contribution is -1.93. The molecule has 0 aliphatic heterocycles. The van der Waals surface area contributed by atoms with Crippen LogP contribution in [0.1, 0.15) is 12.5 Å². The first-order chi connectivity index (χ1) is 8.70. The number of nitro groups is 1. The summed E-state index contributed by atoms with van der Waals surface area (Å²) in [5, 5.41) is 12.9. The summed E-state index contributed by atoms with van der Waals surface area (Å²) in [4.78, 5) is 10.6. The van der Waals surface area contributed by atoms with E-state index in [0.717, 1.165) is 21.9 Å². The predicted molar refractivity (Wildman–Crippen MR) is 69.8 cm³/mol. The van der Waals surface area contributed by atoms with Crippen LogP contribution in [0.25, 0.3) is 21.9 Å². The van der Waals surface area contributed by atoms with Crippen molar-refractivity contribution in [1.82, 2.24) is 0 Å². The van der Waals surface area contributed by atoms with Gasteiger partial charge in [0.25, 0.3) is 5.69 Å². The highest BCUT2D eigenvalue weighted by Crippen LogP contribution is 2.33. The summed E-state index contributed by atoms with van der Waals surface area (Å²) >= 11 is 0. The van der Waals surface area contributed by atoms with E-state index in [9.17, 15) is 10.1 Å². The van der Waals surface area contributed by atoms with E-state index in [-0.39, 0.29) is 10.6 Å². The molecular weight excluding hydrogens is 230 g/mol. The fraction of sp³-hybridized carbons (Fsp3) is 0.143. The number of nitrogens with zero attached hydrogens (tertiary/aromatic N) is 1. The smallest absolute Gasteiger partial charge is 0.276 e. The third-order valence-electron chi connectivity index (χ3n) is 3.16. The molecule has 0 aliphatic carbocycles. The summed E-state index contributed by atoms with van der Waals surface area (Å²) in [7, 11) is 0. The van der Waals surface area contributed by atoms with Crippen molar-refractivity contribution in [1.29, 1.82) is 0 Å². The number of furan rings is 1. The quantitative estimate of drug-likeness (QED) is 0.502. The van der Waals surface area contributed by atoms with Crippen LogP contribution in [-0.4, -0.2) is 4.92 Å². The van der Waals surface area contributed by atoms with E-state index in [0.29, 0.717) is 12.0 Å². The molecule has 1 heterocycles. The molecular formula is C14H11NO3. The van der Waals surface area contributed by atoms with Crippen LogP contribution in [0.4, 0.5) is 5.69 Å². The number of fused-ring (bicyclic) bond motifs is 3. The molecule has 0 radical (unpaired) electrons. The normalized spacial score (nSPS) is 11.2. The fourth-order valence-corrected chi connectivity index (χ4v) is 2.26. The van der Waals surface area contributed by atoms with Gasteiger partial charge in [-0.1, -0.05) is 25.1 Å². The van der Waals surface area contributed by atoms with Gasteiger partial charge < -0.3 is 4.42 Å². The molecule has 2 aromatic carbocycles. The predicted octanol–water partition coefficient (Wildman–Crippen LogP) is 4.06. The highest BCUT2D eigenvalue weighted by molar-refractivity contribution is 6.05. The second kappa shape index (κ2) is 3.84. The van der Waals surface area contributed by atoms with E-state index in [4.69, 9.17) is 4.42 Å². The van der Waals surface area contributed by atoms with Crippen LogP contribution in [0.3, 0.4) is 0 Å². The van der Waals surface area contributed by atoms with Crippen molar-refractivity contribution in [3.63, 3.8) is 0 Å². The van der Waals surface area contributed by atoms with Gasteiger partial charge in [0.2, 0.25) is 0 Å². The van der Waals surface area contributed by atoms with Gasteiger partial charge in [-0.25, -0.2) is 0 Å². The van der Waals surface area contributed by atoms with Crippen LogP contribution in [0.15, 0.2) is 40.8 Å². The SMILES string of the molecule is CCc1cc2c(cc1[N+](=O)[O-])oc1ccccc12. The Balaban J connectivity index is 2.43. The van der Waals surface area contributed by atoms with Crippen molar-refractivity contribution in [3.05, 3.63) is 52.1 Å². The number of benzene rings is 2. The maximum atomic E-state index is 11.0. The van der Waals surface area contributed by atoms with Gasteiger partial charge >= 0.3 is 0 Å². The van der Waals surface area contributed by atoms with Gasteiger partial charge in [0.05, 0.1) is 11.0 Å². The lowest BCUT2D eigenvalue weighted by Gasteiger charge is -1.99. The van der Waals surface area contributed by atoms with Gasteiger partial charge in [-0.15, -0.1) is 0 Å². The Morgan fingerprint density at radius 3 is 2.67 bits per heavy atom.